The standard InChI is InChI=1S/C15H18N4O4S.CH2O2/c1-18(2)11-8-24(21,22)12-7-19(6-10(11)12)15(20)13-9-4-3-5-16-14(9)17-23-13;2-1-3/h3-5,10-12H,6-8H2,1-2H3;1H,(H,2,3)/t10-,11+,12-;/m0./s1. The maximum Gasteiger partial charge on any atom is 0.293 e. The summed E-state index contributed by atoms with van der Waals surface area (Å²) in [6, 6.07) is 3.37. The minimum atomic E-state index is -3.19. The first-order valence-corrected chi connectivity index (χ1v) is 9.97. The van der Waals surface area contributed by atoms with Crippen molar-refractivity contribution in [2.24, 2.45) is 5.92 Å². The van der Waals surface area contributed by atoms with E-state index in [1.54, 1.807) is 23.2 Å². The van der Waals surface area contributed by atoms with Gasteiger partial charge in [0.2, 0.25) is 11.4 Å². The molecule has 2 aliphatic rings. The van der Waals surface area contributed by atoms with E-state index in [2.05, 4.69) is 10.1 Å². The number of aromatic nitrogens is 2. The van der Waals surface area contributed by atoms with Gasteiger partial charge in [-0.3, -0.25) is 9.59 Å². The number of carbonyl (C=O) groups excluding carboxylic acids is 1. The quantitative estimate of drug-likeness (QED) is 0.680. The summed E-state index contributed by atoms with van der Waals surface area (Å²) in [4.78, 5) is 28.7. The largest absolute Gasteiger partial charge is 0.483 e. The van der Waals surface area contributed by atoms with Crippen LogP contribution in [0.5, 0.6) is 0 Å². The van der Waals surface area contributed by atoms with Crippen LogP contribution in [0.1, 0.15) is 10.6 Å². The van der Waals surface area contributed by atoms with Gasteiger partial charge in [0.15, 0.2) is 9.84 Å². The zero-order valence-electron chi connectivity index (χ0n) is 14.8. The lowest BCUT2D eigenvalue weighted by atomic mass is 10.00. The lowest BCUT2D eigenvalue weighted by Gasteiger charge is -2.24. The number of amides is 1. The van der Waals surface area contributed by atoms with Gasteiger partial charge in [-0.25, -0.2) is 13.4 Å². The SMILES string of the molecule is CN(C)[C@@H]1CS(=O)(=O)[C@H]2CN(C(=O)c3onc4ncccc34)C[C@@H]12.O=CO. The Labute approximate surface area is 155 Å². The molecular formula is C16H20N4O6S. The van der Waals surface area contributed by atoms with Crippen molar-refractivity contribution in [3.63, 3.8) is 0 Å². The van der Waals surface area contributed by atoms with Crippen molar-refractivity contribution in [2.45, 2.75) is 11.3 Å². The molecule has 2 aliphatic heterocycles. The molecule has 0 bridgehead atoms. The van der Waals surface area contributed by atoms with Crippen LogP contribution in [0.25, 0.3) is 11.0 Å². The van der Waals surface area contributed by atoms with Gasteiger partial charge in [0.25, 0.3) is 12.4 Å². The summed E-state index contributed by atoms with van der Waals surface area (Å²) in [7, 11) is 0.565. The smallest absolute Gasteiger partial charge is 0.293 e. The molecule has 2 aromatic heterocycles. The van der Waals surface area contributed by atoms with Crippen molar-refractivity contribution in [3.8, 4) is 0 Å². The zero-order valence-corrected chi connectivity index (χ0v) is 15.7. The van der Waals surface area contributed by atoms with Gasteiger partial charge < -0.3 is 19.4 Å². The molecule has 1 N–H and O–H groups in total. The van der Waals surface area contributed by atoms with Crippen LogP contribution >= 0.6 is 0 Å². The Morgan fingerprint density at radius 3 is 2.78 bits per heavy atom. The lowest BCUT2D eigenvalue weighted by molar-refractivity contribution is -0.122. The second-order valence-corrected chi connectivity index (χ2v) is 9.03. The number of rotatable bonds is 2. The Hall–Kier alpha value is -2.53. The van der Waals surface area contributed by atoms with Crippen LogP contribution in [-0.2, 0) is 14.6 Å². The summed E-state index contributed by atoms with van der Waals surface area (Å²) >= 11 is 0. The third-order valence-electron chi connectivity index (χ3n) is 5.07. The number of fused-ring (bicyclic) bond motifs is 2. The first-order valence-electron chi connectivity index (χ1n) is 8.25. The summed E-state index contributed by atoms with van der Waals surface area (Å²) in [5.41, 5.74) is 0.374. The topological polar surface area (TPSA) is 134 Å². The number of carboxylic acid groups (broad SMARTS) is 1. The first kappa shape index (κ1) is 19.2. The van der Waals surface area contributed by atoms with Crippen LogP contribution in [0.3, 0.4) is 0 Å². The van der Waals surface area contributed by atoms with Gasteiger partial charge in [0.05, 0.1) is 16.4 Å². The molecule has 2 saturated heterocycles. The van der Waals surface area contributed by atoms with Crippen LogP contribution in [0, 0.1) is 5.92 Å². The van der Waals surface area contributed by atoms with E-state index < -0.39 is 15.1 Å². The second-order valence-electron chi connectivity index (χ2n) is 6.76. The highest BCUT2D eigenvalue weighted by Crippen LogP contribution is 2.36. The molecule has 10 nitrogen and oxygen atoms in total. The fraction of sp³-hybridized carbons (Fsp3) is 0.500. The highest BCUT2D eigenvalue weighted by atomic mass is 32.2. The molecule has 3 atom stereocenters. The van der Waals surface area contributed by atoms with Crippen LogP contribution in [-0.4, -0.2) is 90.1 Å². The minimum absolute atomic E-state index is 0.0639. The van der Waals surface area contributed by atoms with E-state index in [9.17, 15) is 13.2 Å². The molecule has 11 heteroatoms. The third-order valence-corrected chi connectivity index (χ3v) is 7.29. The molecule has 4 rings (SSSR count). The molecule has 27 heavy (non-hydrogen) atoms. The molecule has 0 aliphatic carbocycles. The highest BCUT2D eigenvalue weighted by molar-refractivity contribution is 7.92. The van der Waals surface area contributed by atoms with Gasteiger partial charge in [-0.05, 0) is 26.2 Å². The Kier molecular flexibility index (Phi) is 5.16. The van der Waals surface area contributed by atoms with Crippen molar-refractivity contribution in [1.29, 1.82) is 0 Å². The Morgan fingerprint density at radius 1 is 1.41 bits per heavy atom. The minimum Gasteiger partial charge on any atom is -0.483 e. The van der Waals surface area contributed by atoms with E-state index in [0.717, 1.165) is 0 Å². The number of hydrogen-bond donors (Lipinski definition) is 1. The Morgan fingerprint density at radius 2 is 2.11 bits per heavy atom. The van der Waals surface area contributed by atoms with Gasteiger partial charge in [0, 0.05) is 31.2 Å². The second kappa shape index (κ2) is 7.24. The van der Waals surface area contributed by atoms with E-state index in [0.29, 0.717) is 17.6 Å². The van der Waals surface area contributed by atoms with E-state index in [1.165, 1.54) is 0 Å². The Balaban J connectivity index is 0.000000659. The number of sulfone groups is 1. The van der Waals surface area contributed by atoms with Crippen molar-refractivity contribution < 1.29 is 27.6 Å². The van der Waals surface area contributed by atoms with Gasteiger partial charge in [-0.15, -0.1) is 0 Å². The highest BCUT2D eigenvalue weighted by Gasteiger charge is 2.53. The van der Waals surface area contributed by atoms with Gasteiger partial charge in [-0.1, -0.05) is 5.16 Å². The summed E-state index contributed by atoms with van der Waals surface area (Å²) in [6.07, 6.45) is 1.58. The molecule has 146 valence electrons. The molecule has 2 aromatic rings. The van der Waals surface area contributed by atoms with Gasteiger partial charge in [0.1, 0.15) is 0 Å². The van der Waals surface area contributed by atoms with Crippen LogP contribution in [0.4, 0.5) is 0 Å². The monoisotopic (exact) mass is 396 g/mol. The fourth-order valence-corrected chi connectivity index (χ4v) is 6.29. The molecule has 0 aromatic carbocycles. The molecule has 4 heterocycles. The average Bonchev–Trinajstić information content (AvgIpc) is 3.29. The Bertz CT molecular complexity index is 957. The van der Waals surface area contributed by atoms with E-state index >= 15 is 0 Å². The maximum atomic E-state index is 12.8. The summed E-state index contributed by atoms with van der Waals surface area (Å²) < 4.78 is 30.0. The van der Waals surface area contributed by atoms with Crippen molar-refractivity contribution in [1.82, 2.24) is 19.9 Å². The molecule has 0 unspecified atom stereocenters. The first-order chi connectivity index (χ1) is 12.8. The van der Waals surface area contributed by atoms with E-state index in [-0.39, 0.29) is 42.4 Å². The summed E-state index contributed by atoms with van der Waals surface area (Å²) in [5.74, 6) is -0.113. The number of hydrogen-bond acceptors (Lipinski definition) is 8. The number of pyridine rings is 1. The fourth-order valence-electron chi connectivity index (χ4n) is 3.81. The predicted molar refractivity (Wildman–Crippen MR) is 94.9 cm³/mol. The van der Waals surface area contributed by atoms with Gasteiger partial charge >= 0.3 is 0 Å². The predicted octanol–water partition coefficient (Wildman–Crippen LogP) is -0.277. The summed E-state index contributed by atoms with van der Waals surface area (Å²) in [6.45, 7) is 0.368. The van der Waals surface area contributed by atoms with Crippen molar-refractivity contribution in [3.05, 3.63) is 24.1 Å². The van der Waals surface area contributed by atoms with Crippen LogP contribution in [0.15, 0.2) is 22.9 Å². The van der Waals surface area contributed by atoms with Crippen molar-refractivity contribution in [2.75, 3.05) is 32.9 Å². The third kappa shape index (κ3) is 3.39. The molecule has 0 spiro atoms. The normalized spacial score (nSPS) is 25.9. The number of nitrogens with zero attached hydrogens (tertiary/aromatic N) is 4. The number of carbonyl (C=O) groups is 2. The molecule has 1 amide bonds. The van der Waals surface area contributed by atoms with Crippen LogP contribution < -0.4 is 0 Å². The van der Waals surface area contributed by atoms with E-state index in [1.807, 2.05) is 19.0 Å². The molecule has 0 radical (unpaired) electrons. The zero-order chi connectivity index (χ0) is 19.8. The van der Waals surface area contributed by atoms with Crippen molar-refractivity contribution >= 4 is 33.3 Å². The molecular weight excluding hydrogens is 376 g/mol. The summed E-state index contributed by atoms with van der Waals surface area (Å²) in [5, 5.41) is 10.7. The average molecular weight is 396 g/mol. The lowest BCUT2D eigenvalue weighted by Crippen LogP contribution is -2.38. The van der Waals surface area contributed by atoms with Crippen LogP contribution in [0.2, 0.25) is 0 Å². The molecule has 0 saturated carbocycles. The van der Waals surface area contributed by atoms with Gasteiger partial charge in [-0.2, -0.15) is 0 Å². The van der Waals surface area contributed by atoms with E-state index in [4.69, 9.17) is 14.4 Å². The number of likely N-dealkylation sites (tertiary alicyclic amines) is 1. The maximum absolute atomic E-state index is 12.8. The molecule has 2 fully saturated rings.